The zero-order chi connectivity index (χ0) is 31.8. The number of amides is 3. The Morgan fingerprint density at radius 1 is 0.689 bits per heavy atom. The van der Waals surface area contributed by atoms with E-state index < -0.39 is 6.03 Å². The summed E-state index contributed by atoms with van der Waals surface area (Å²) in [7, 11) is 0. The minimum atomic E-state index is -0.411. The predicted octanol–water partition coefficient (Wildman–Crippen LogP) is 8.49. The Morgan fingerprint density at radius 3 is 1.84 bits per heavy atom. The van der Waals surface area contributed by atoms with Crippen LogP contribution in [0.1, 0.15) is 34.5 Å². The first-order chi connectivity index (χ1) is 21.7. The lowest BCUT2D eigenvalue weighted by Gasteiger charge is -2.19. The van der Waals surface area contributed by atoms with Crippen LogP contribution in [0.25, 0.3) is 0 Å². The van der Waals surface area contributed by atoms with Crippen LogP contribution in [0, 0.1) is 5.41 Å². The number of nitrogen functional groups attached to an aromatic ring is 1. The number of rotatable bonds is 10. The zero-order valence-corrected chi connectivity index (χ0v) is 25.1. The lowest BCUT2D eigenvalue weighted by Crippen LogP contribution is -2.21. The summed E-state index contributed by atoms with van der Waals surface area (Å²) in [4.78, 5) is 25.6. The fraction of sp³-hybridized carbons (Fsp3) is 0.0571. The highest BCUT2D eigenvalue weighted by Crippen LogP contribution is 2.28. The first-order valence-electron chi connectivity index (χ1n) is 14.1. The van der Waals surface area contributed by atoms with Crippen LogP contribution in [0.4, 0.5) is 27.5 Å². The fourth-order valence-corrected chi connectivity index (χ4v) is 4.55. The third kappa shape index (κ3) is 8.40. The molecule has 3 amide bonds. The summed E-state index contributed by atoms with van der Waals surface area (Å²) in [6.45, 7) is 2.00. The lowest BCUT2D eigenvalue weighted by atomic mass is 10.0. The van der Waals surface area contributed by atoms with Crippen LogP contribution in [-0.4, -0.2) is 17.8 Å². The van der Waals surface area contributed by atoms with Crippen LogP contribution in [0.15, 0.2) is 121 Å². The van der Waals surface area contributed by atoms with Crippen molar-refractivity contribution in [1.29, 1.82) is 5.41 Å². The number of carbonyl (C=O) groups excluding carboxylic acids is 2. The van der Waals surface area contributed by atoms with E-state index >= 15 is 0 Å². The molecule has 1 atom stereocenters. The Morgan fingerprint density at radius 2 is 1.22 bits per heavy atom. The molecule has 0 aliphatic carbocycles. The maximum absolute atomic E-state index is 12.9. The number of hydrogen-bond acceptors (Lipinski definition) is 5. The molecule has 9 nitrogen and oxygen atoms in total. The average molecular weight is 619 g/mol. The van der Waals surface area contributed by atoms with E-state index in [4.69, 9.17) is 27.5 Å². The van der Waals surface area contributed by atoms with Crippen molar-refractivity contribution in [3.63, 3.8) is 0 Å². The van der Waals surface area contributed by atoms with Crippen LogP contribution in [-0.2, 0) is 0 Å². The number of benzene rings is 5. The number of nitrogens with one attached hydrogen (secondary N) is 5. The Hall–Kier alpha value is -5.80. The Bertz CT molecular complexity index is 1790. The fourth-order valence-electron chi connectivity index (χ4n) is 4.42. The SMILES string of the molecule is CC(Nc1ccccc1NC(=O)Nc1ccc(C(=N)N)cc1)c1ccc(C(=O)Nc2ccc(Oc3ccc(Cl)cc3)cc2)cc1. The van der Waals surface area contributed by atoms with Crippen molar-refractivity contribution in [1.82, 2.24) is 0 Å². The minimum absolute atomic E-state index is 0.0402. The molecule has 0 spiro atoms. The molecule has 0 radical (unpaired) electrons. The van der Waals surface area contributed by atoms with Crippen molar-refractivity contribution in [2.75, 3.05) is 21.3 Å². The molecule has 0 bridgehead atoms. The van der Waals surface area contributed by atoms with Gasteiger partial charge in [-0.2, -0.15) is 0 Å². The van der Waals surface area contributed by atoms with Gasteiger partial charge in [0, 0.05) is 33.6 Å². The van der Waals surface area contributed by atoms with Gasteiger partial charge in [-0.15, -0.1) is 0 Å². The lowest BCUT2D eigenvalue weighted by molar-refractivity contribution is 0.102. The minimum Gasteiger partial charge on any atom is -0.457 e. The second-order valence-electron chi connectivity index (χ2n) is 10.1. The summed E-state index contributed by atoms with van der Waals surface area (Å²) in [5.74, 6) is 1.03. The topological polar surface area (TPSA) is 141 Å². The first-order valence-corrected chi connectivity index (χ1v) is 14.4. The van der Waals surface area contributed by atoms with E-state index in [9.17, 15) is 9.59 Å². The van der Waals surface area contributed by atoms with Crippen molar-refractivity contribution in [2.24, 2.45) is 5.73 Å². The molecule has 5 aromatic carbocycles. The number of hydrogen-bond donors (Lipinski definition) is 6. The molecule has 0 aliphatic heterocycles. The van der Waals surface area contributed by atoms with E-state index in [1.54, 1.807) is 91.0 Å². The van der Waals surface area contributed by atoms with Gasteiger partial charge in [0.2, 0.25) is 0 Å². The average Bonchev–Trinajstić information content (AvgIpc) is 3.04. The summed E-state index contributed by atoms with van der Waals surface area (Å²) in [5.41, 5.74) is 10.1. The number of ether oxygens (including phenoxy) is 1. The number of anilines is 4. The number of nitrogens with two attached hydrogens (primary N) is 1. The third-order valence-electron chi connectivity index (χ3n) is 6.84. The predicted molar refractivity (Wildman–Crippen MR) is 181 cm³/mol. The van der Waals surface area contributed by atoms with Gasteiger partial charge < -0.3 is 31.7 Å². The molecule has 5 aromatic rings. The van der Waals surface area contributed by atoms with Gasteiger partial charge in [-0.05, 0) is 110 Å². The summed E-state index contributed by atoms with van der Waals surface area (Å²) in [6, 6.07) is 35.1. The number of urea groups is 1. The molecule has 5 rings (SSSR count). The van der Waals surface area contributed by atoms with E-state index in [0.717, 1.165) is 11.3 Å². The highest BCUT2D eigenvalue weighted by atomic mass is 35.5. The largest absolute Gasteiger partial charge is 0.457 e. The Balaban J connectivity index is 1.15. The standard InChI is InChI=1S/C35H31ClN6O3/c1-22(39-31-4-2-3-5-32(31)42-35(44)41-28-14-10-24(11-15-28)33(37)38)23-6-8-25(9-7-23)34(43)40-27-16-20-30(21-17-27)45-29-18-12-26(36)13-19-29/h2-22,39H,1H3,(H3,37,38)(H,40,43)(H2,41,42,44). The van der Waals surface area contributed by atoms with Crippen LogP contribution < -0.4 is 31.7 Å². The van der Waals surface area contributed by atoms with Gasteiger partial charge in [-0.3, -0.25) is 10.2 Å². The first kappa shape index (κ1) is 30.7. The van der Waals surface area contributed by atoms with Gasteiger partial charge >= 0.3 is 6.03 Å². The van der Waals surface area contributed by atoms with Crippen molar-refractivity contribution in [3.8, 4) is 11.5 Å². The van der Waals surface area contributed by atoms with Crippen molar-refractivity contribution < 1.29 is 14.3 Å². The normalized spacial score (nSPS) is 11.2. The maximum Gasteiger partial charge on any atom is 0.323 e. The number of halogens is 1. The molecule has 0 aromatic heterocycles. The van der Waals surface area contributed by atoms with Gasteiger partial charge in [-0.1, -0.05) is 35.9 Å². The molecule has 0 aliphatic rings. The number of amidine groups is 1. The monoisotopic (exact) mass is 618 g/mol. The van der Waals surface area contributed by atoms with Gasteiger partial charge in [0.25, 0.3) is 5.91 Å². The molecule has 45 heavy (non-hydrogen) atoms. The van der Waals surface area contributed by atoms with Crippen LogP contribution in [0.2, 0.25) is 5.02 Å². The molecule has 1 unspecified atom stereocenters. The van der Waals surface area contributed by atoms with Crippen LogP contribution in [0.5, 0.6) is 11.5 Å². The van der Waals surface area contributed by atoms with Gasteiger partial charge in [0.15, 0.2) is 0 Å². The van der Waals surface area contributed by atoms with E-state index in [2.05, 4.69) is 21.3 Å². The molecule has 7 N–H and O–H groups in total. The van der Waals surface area contributed by atoms with Crippen LogP contribution in [0.3, 0.4) is 0 Å². The smallest absolute Gasteiger partial charge is 0.323 e. The number of carbonyl (C=O) groups is 2. The summed E-state index contributed by atoms with van der Waals surface area (Å²) in [5, 5.41) is 20.1. The third-order valence-corrected chi connectivity index (χ3v) is 7.09. The molecule has 0 fully saturated rings. The molecule has 10 heteroatoms. The van der Waals surface area contributed by atoms with Crippen molar-refractivity contribution in [2.45, 2.75) is 13.0 Å². The summed E-state index contributed by atoms with van der Waals surface area (Å²) in [6.07, 6.45) is 0. The second-order valence-corrected chi connectivity index (χ2v) is 10.6. The van der Waals surface area contributed by atoms with Gasteiger partial charge in [-0.25, -0.2) is 4.79 Å². The molecule has 0 saturated carbocycles. The highest BCUT2D eigenvalue weighted by Gasteiger charge is 2.13. The zero-order valence-electron chi connectivity index (χ0n) is 24.3. The highest BCUT2D eigenvalue weighted by molar-refractivity contribution is 6.30. The maximum atomic E-state index is 12.9. The van der Waals surface area contributed by atoms with E-state index in [1.165, 1.54) is 0 Å². The van der Waals surface area contributed by atoms with Crippen molar-refractivity contribution in [3.05, 3.63) is 143 Å². The Kier molecular flexibility index (Phi) is 9.61. The van der Waals surface area contributed by atoms with E-state index in [0.29, 0.717) is 44.7 Å². The van der Waals surface area contributed by atoms with E-state index in [1.807, 2.05) is 37.3 Å². The van der Waals surface area contributed by atoms with Gasteiger partial charge in [0.1, 0.15) is 17.3 Å². The molecule has 0 heterocycles. The quantitative estimate of drug-likeness (QED) is 0.0687. The number of para-hydroxylation sites is 2. The second kappa shape index (κ2) is 14.1. The summed E-state index contributed by atoms with van der Waals surface area (Å²) >= 11 is 5.92. The molecular formula is C35H31ClN6O3. The van der Waals surface area contributed by atoms with Gasteiger partial charge in [0.05, 0.1) is 11.4 Å². The molecule has 226 valence electrons. The molecular weight excluding hydrogens is 588 g/mol. The van der Waals surface area contributed by atoms with Crippen LogP contribution >= 0.6 is 11.6 Å². The Labute approximate surface area is 265 Å². The molecule has 0 saturated heterocycles. The van der Waals surface area contributed by atoms with E-state index in [-0.39, 0.29) is 17.8 Å². The van der Waals surface area contributed by atoms with Crippen molar-refractivity contribution >= 4 is 52.1 Å². The summed E-state index contributed by atoms with van der Waals surface area (Å²) < 4.78 is 5.81.